The van der Waals surface area contributed by atoms with E-state index >= 15 is 0 Å². The summed E-state index contributed by atoms with van der Waals surface area (Å²) >= 11 is 0. The number of hydrogen-bond acceptors (Lipinski definition) is 7. The quantitative estimate of drug-likeness (QED) is 0.373. The van der Waals surface area contributed by atoms with E-state index in [9.17, 15) is 19.3 Å². The average molecular weight is 359 g/mol. The first-order valence-corrected chi connectivity index (χ1v) is 8.19. The molecule has 1 fully saturated rings. The van der Waals surface area contributed by atoms with Gasteiger partial charge in [-0.1, -0.05) is 0 Å². The first kappa shape index (κ1) is 18.3. The number of aromatic nitrogens is 2. The molecule has 0 bridgehead atoms. The monoisotopic (exact) mass is 359 g/mol. The number of aliphatic hydroxyl groups excluding tert-OH is 1. The fourth-order valence-corrected chi connectivity index (χ4v) is 2.51. The number of hydrogen-bond donors (Lipinski definition) is 4. The van der Waals surface area contributed by atoms with Gasteiger partial charge in [0.2, 0.25) is 0 Å². The molecule has 0 saturated carbocycles. The molecule has 0 amide bonds. The molecular weight excluding hydrogens is 345 g/mol. The van der Waals surface area contributed by atoms with Crippen molar-refractivity contribution in [2.75, 3.05) is 6.61 Å². The maximum atomic E-state index is 11.9. The molecule has 1 aromatic rings. The Labute approximate surface area is 134 Å². The zero-order valence-electron chi connectivity index (χ0n) is 12.1. The number of ether oxygens (including phenoxy) is 1. The molecule has 0 radical (unpaired) electrons. The highest BCUT2D eigenvalue weighted by Crippen LogP contribution is 2.38. The molecule has 24 heavy (non-hydrogen) atoms. The van der Waals surface area contributed by atoms with Crippen molar-refractivity contribution in [1.82, 2.24) is 9.55 Å². The van der Waals surface area contributed by atoms with Crippen LogP contribution in [0.4, 0.5) is 0 Å². The van der Waals surface area contributed by atoms with Gasteiger partial charge >= 0.3 is 13.5 Å². The van der Waals surface area contributed by atoms with Crippen molar-refractivity contribution in [3.63, 3.8) is 0 Å². The summed E-state index contributed by atoms with van der Waals surface area (Å²) in [5.74, 6) is 0. The molecule has 0 aliphatic carbocycles. The van der Waals surface area contributed by atoms with Crippen LogP contribution >= 0.6 is 7.82 Å². The van der Waals surface area contributed by atoms with Crippen LogP contribution in [0.15, 0.2) is 21.9 Å². The second-order valence-electron chi connectivity index (χ2n) is 4.93. The smallest absolute Gasteiger partial charge is 0.390 e. The summed E-state index contributed by atoms with van der Waals surface area (Å²) in [5.41, 5.74) is -1.45. The van der Waals surface area contributed by atoms with Crippen molar-refractivity contribution >= 4 is 13.9 Å². The van der Waals surface area contributed by atoms with Crippen LogP contribution in [0.1, 0.15) is 18.2 Å². The lowest BCUT2D eigenvalue weighted by molar-refractivity contribution is -0.0451. The molecule has 1 saturated heterocycles. The fourth-order valence-electron chi connectivity index (χ4n) is 2.17. The number of phosphoric ester groups is 1. The standard InChI is InChI=1S/C12H14N3O8P/c13-3-1-2-7-5-15(12(18)14-11(7)17)10-4-8(16)9(23-10)6-22-24(19,20)21/h1-2,5,8-10,16H,4,6H2,(H,14,17,18)(H2,19,20,21)/b2-1+/t8-,9+,10+/m0/s1. The maximum absolute atomic E-state index is 11.9. The number of aliphatic hydroxyl groups is 1. The summed E-state index contributed by atoms with van der Waals surface area (Å²) in [5, 5.41) is 18.4. The number of phosphoric acid groups is 1. The minimum atomic E-state index is -4.72. The van der Waals surface area contributed by atoms with Gasteiger partial charge in [0.05, 0.1) is 24.3 Å². The SMILES string of the molecule is N#C/C=C/c1cn([C@H]2C[C@H](O)[C@@H](COP(=O)(O)O)O2)c(=O)[nH]c1=O. The molecule has 3 atom stereocenters. The molecule has 130 valence electrons. The second kappa shape index (κ2) is 7.23. The van der Waals surface area contributed by atoms with Crippen molar-refractivity contribution in [3.05, 3.63) is 38.7 Å². The minimum absolute atomic E-state index is 0.0316. The molecule has 1 aromatic heterocycles. The number of nitrogens with zero attached hydrogens (tertiary/aromatic N) is 2. The topological polar surface area (TPSA) is 175 Å². The van der Waals surface area contributed by atoms with E-state index < -0.39 is 44.1 Å². The van der Waals surface area contributed by atoms with Gasteiger partial charge < -0.3 is 19.6 Å². The fraction of sp³-hybridized carbons (Fsp3) is 0.417. The third kappa shape index (κ3) is 4.48. The summed E-state index contributed by atoms with van der Waals surface area (Å²) in [6.07, 6.45) is 0.220. The summed E-state index contributed by atoms with van der Waals surface area (Å²) in [7, 11) is -4.72. The molecule has 12 heteroatoms. The van der Waals surface area contributed by atoms with Crippen LogP contribution in [-0.2, 0) is 13.8 Å². The molecule has 0 aromatic carbocycles. The van der Waals surface area contributed by atoms with Crippen LogP contribution in [0.2, 0.25) is 0 Å². The van der Waals surface area contributed by atoms with E-state index in [4.69, 9.17) is 19.8 Å². The number of nitrogens with one attached hydrogen (secondary N) is 1. The first-order chi connectivity index (χ1) is 11.2. The highest BCUT2D eigenvalue weighted by atomic mass is 31.2. The van der Waals surface area contributed by atoms with Gasteiger partial charge in [-0.2, -0.15) is 5.26 Å². The van der Waals surface area contributed by atoms with E-state index in [2.05, 4.69) is 9.51 Å². The van der Waals surface area contributed by atoms with Crippen LogP contribution in [0, 0.1) is 11.3 Å². The molecule has 0 spiro atoms. The predicted molar refractivity (Wildman–Crippen MR) is 78.5 cm³/mol. The first-order valence-electron chi connectivity index (χ1n) is 6.66. The van der Waals surface area contributed by atoms with Crippen molar-refractivity contribution in [2.45, 2.75) is 24.9 Å². The molecule has 4 N–H and O–H groups in total. The van der Waals surface area contributed by atoms with Crippen molar-refractivity contribution in [1.29, 1.82) is 5.26 Å². The van der Waals surface area contributed by atoms with Gasteiger partial charge in [0, 0.05) is 18.7 Å². The Hall–Kier alpha value is -2.06. The van der Waals surface area contributed by atoms with Gasteiger partial charge in [-0.15, -0.1) is 0 Å². The third-order valence-corrected chi connectivity index (χ3v) is 3.74. The van der Waals surface area contributed by atoms with E-state index in [-0.39, 0.29) is 12.0 Å². The van der Waals surface area contributed by atoms with Crippen molar-refractivity contribution in [3.8, 4) is 6.07 Å². The summed E-state index contributed by atoms with van der Waals surface area (Å²) in [4.78, 5) is 42.9. The van der Waals surface area contributed by atoms with Crippen molar-refractivity contribution in [2.24, 2.45) is 0 Å². The van der Waals surface area contributed by atoms with E-state index in [1.165, 1.54) is 12.3 Å². The molecule has 1 aliphatic heterocycles. The van der Waals surface area contributed by atoms with Crippen LogP contribution in [0.25, 0.3) is 6.08 Å². The Kier molecular flexibility index (Phi) is 5.51. The molecule has 0 unspecified atom stereocenters. The number of nitriles is 1. The van der Waals surface area contributed by atoms with Gasteiger partial charge in [-0.3, -0.25) is 18.9 Å². The number of H-pyrrole nitrogens is 1. The summed E-state index contributed by atoms with van der Waals surface area (Å²) in [6.45, 7) is -0.568. The number of rotatable bonds is 5. The Morgan fingerprint density at radius 1 is 1.54 bits per heavy atom. The average Bonchev–Trinajstić information content (AvgIpc) is 2.84. The van der Waals surface area contributed by atoms with E-state index in [1.807, 2.05) is 0 Å². The second-order valence-corrected chi connectivity index (χ2v) is 6.17. The Morgan fingerprint density at radius 2 is 2.25 bits per heavy atom. The van der Waals surface area contributed by atoms with Gasteiger partial charge in [0.1, 0.15) is 12.3 Å². The zero-order valence-corrected chi connectivity index (χ0v) is 13.0. The minimum Gasteiger partial charge on any atom is -0.390 e. The summed E-state index contributed by atoms with van der Waals surface area (Å²) < 4.78 is 21.4. The molecule has 2 rings (SSSR count). The van der Waals surface area contributed by atoms with Crippen molar-refractivity contribution < 1.29 is 28.7 Å². The van der Waals surface area contributed by atoms with E-state index in [0.717, 1.165) is 10.6 Å². The van der Waals surface area contributed by atoms with E-state index in [0.29, 0.717) is 0 Å². The number of allylic oxidation sites excluding steroid dienone is 1. The van der Waals surface area contributed by atoms with Crippen LogP contribution in [0.5, 0.6) is 0 Å². The van der Waals surface area contributed by atoms with E-state index in [1.54, 1.807) is 6.07 Å². The lowest BCUT2D eigenvalue weighted by Crippen LogP contribution is -2.33. The Balaban J connectivity index is 2.22. The third-order valence-electron chi connectivity index (χ3n) is 3.25. The molecule has 2 heterocycles. The van der Waals surface area contributed by atoms with Crippen LogP contribution in [-0.4, -0.2) is 43.3 Å². The lowest BCUT2D eigenvalue weighted by Gasteiger charge is -2.16. The van der Waals surface area contributed by atoms with Gasteiger partial charge in [-0.05, 0) is 6.08 Å². The van der Waals surface area contributed by atoms with Gasteiger partial charge in [-0.25, -0.2) is 9.36 Å². The predicted octanol–water partition coefficient (Wildman–Crippen LogP) is -1.17. The lowest BCUT2D eigenvalue weighted by atomic mass is 10.2. The summed E-state index contributed by atoms with van der Waals surface area (Å²) in [6, 6.07) is 1.71. The highest BCUT2D eigenvalue weighted by Gasteiger charge is 2.37. The van der Waals surface area contributed by atoms with Gasteiger partial charge in [0.25, 0.3) is 5.56 Å². The highest BCUT2D eigenvalue weighted by molar-refractivity contribution is 7.46. The van der Waals surface area contributed by atoms with Crippen LogP contribution < -0.4 is 11.2 Å². The van der Waals surface area contributed by atoms with Gasteiger partial charge in [0.15, 0.2) is 0 Å². The van der Waals surface area contributed by atoms with Crippen LogP contribution in [0.3, 0.4) is 0 Å². The number of aromatic amines is 1. The molecule has 11 nitrogen and oxygen atoms in total. The Morgan fingerprint density at radius 3 is 2.88 bits per heavy atom. The largest absolute Gasteiger partial charge is 0.469 e. The molecular formula is C12H14N3O8P. The Bertz CT molecular complexity index is 832. The maximum Gasteiger partial charge on any atom is 0.469 e. The normalized spacial score (nSPS) is 24.3. The molecule has 1 aliphatic rings. The zero-order chi connectivity index (χ0) is 17.9.